The number of nitrogens with one attached hydrogen (secondary N) is 1. The molecule has 2 fully saturated rings. The van der Waals surface area contributed by atoms with Crippen molar-refractivity contribution in [2.75, 3.05) is 13.7 Å². The number of phenolic OH excluding ortho intramolecular Hbond substituents is 1. The Bertz CT molecular complexity index is 1070. The van der Waals surface area contributed by atoms with Crippen LogP contribution in [0.5, 0.6) is 11.5 Å². The van der Waals surface area contributed by atoms with E-state index in [0.717, 1.165) is 50.7 Å². The first kappa shape index (κ1) is 24.2. The van der Waals surface area contributed by atoms with Crippen LogP contribution in [0.3, 0.4) is 0 Å². The normalized spacial score (nSPS) is 29.5. The lowest BCUT2D eigenvalue weighted by molar-refractivity contribution is -0.139. The molecule has 0 aromatic heterocycles. The fourth-order valence-electron chi connectivity index (χ4n) is 7.91. The van der Waals surface area contributed by atoms with Crippen molar-refractivity contribution < 1.29 is 14.6 Å². The van der Waals surface area contributed by atoms with Gasteiger partial charge in [-0.3, -0.25) is 4.79 Å². The maximum absolute atomic E-state index is 14.0. The number of phenols is 1. The van der Waals surface area contributed by atoms with Gasteiger partial charge in [-0.2, -0.15) is 0 Å². The van der Waals surface area contributed by atoms with Crippen LogP contribution >= 0.6 is 0 Å². The van der Waals surface area contributed by atoms with Gasteiger partial charge < -0.3 is 15.2 Å². The summed E-state index contributed by atoms with van der Waals surface area (Å²) in [4.78, 5) is 14.0. The minimum atomic E-state index is -0.397. The molecule has 3 aliphatic rings. The van der Waals surface area contributed by atoms with E-state index in [-0.39, 0.29) is 22.7 Å². The van der Waals surface area contributed by atoms with Crippen LogP contribution in [0.15, 0.2) is 42.5 Å². The number of methoxy groups -OCH3 is 1. The molecule has 0 saturated heterocycles. The third-order valence-electron chi connectivity index (χ3n) is 9.96. The zero-order chi connectivity index (χ0) is 24.7. The molecule has 1 amide bonds. The summed E-state index contributed by atoms with van der Waals surface area (Å²) < 4.78 is 5.39. The summed E-state index contributed by atoms with van der Waals surface area (Å²) in [5.41, 5.74) is 3.45. The topological polar surface area (TPSA) is 58.6 Å². The highest BCUT2D eigenvalue weighted by molar-refractivity contribution is 5.83. The second-order valence-electron chi connectivity index (χ2n) is 11.9. The van der Waals surface area contributed by atoms with Crippen molar-refractivity contribution in [3.8, 4) is 11.5 Å². The van der Waals surface area contributed by atoms with Gasteiger partial charge in [0.05, 0.1) is 12.5 Å². The summed E-state index contributed by atoms with van der Waals surface area (Å²) in [5.74, 6) is 1.71. The lowest BCUT2D eigenvalue weighted by Gasteiger charge is -2.54. The predicted molar refractivity (Wildman–Crippen MR) is 140 cm³/mol. The van der Waals surface area contributed by atoms with Gasteiger partial charge in [-0.25, -0.2) is 0 Å². The molecule has 0 radical (unpaired) electrons. The number of hydrogen-bond donors (Lipinski definition) is 2. The van der Waals surface area contributed by atoms with E-state index in [1.54, 1.807) is 13.2 Å². The second kappa shape index (κ2) is 9.19. The molecule has 2 saturated carbocycles. The van der Waals surface area contributed by atoms with Gasteiger partial charge in [-0.1, -0.05) is 57.7 Å². The highest BCUT2D eigenvalue weighted by Crippen LogP contribution is 2.57. The SMILES string of the molecule is COc1ccc(C2(CNC(=O)[C@@]3(C)CCC[C@]4(C)c5cc(O)ccc5CC[C@@H]34)CCCCC2)cc1. The van der Waals surface area contributed by atoms with Crippen molar-refractivity contribution in [3.05, 3.63) is 59.2 Å². The number of aromatic hydroxyl groups is 1. The third kappa shape index (κ3) is 4.13. The van der Waals surface area contributed by atoms with Crippen molar-refractivity contribution in [2.45, 2.75) is 88.9 Å². The van der Waals surface area contributed by atoms with Crippen molar-refractivity contribution in [2.24, 2.45) is 11.3 Å². The Balaban J connectivity index is 1.39. The van der Waals surface area contributed by atoms with E-state index >= 15 is 0 Å². The molecule has 5 rings (SSSR count). The summed E-state index contributed by atoms with van der Waals surface area (Å²) in [5, 5.41) is 13.7. The Morgan fingerprint density at radius 2 is 1.74 bits per heavy atom. The van der Waals surface area contributed by atoms with E-state index in [0.29, 0.717) is 12.3 Å². The van der Waals surface area contributed by atoms with Crippen LogP contribution in [0, 0.1) is 11.3 Å². The van der Waals surface area contributed by atoms with E-state index in [2.05, 4.69) is 49.5 Å². The van der Waals surface area contributed by atoms with Gasteiger partial charge >= 0.3 is 0 Å². The maximum Gasteiger partial charge on any atom is 0.226 e. The highest BCUT2D eigenvalue weighted by Gasteiger charge is 2.55. The van der Waals surface area contributed by atoms with E-state index < -0.39 is 5.41 Å². The van der Waals surface area contributed by atoms with Gasteiger partial charge in [0.15, 0.2) is 0 Å². The van der Waals surface area contributed by atoms with Gasteiger partial charge in [-0.15, -0.1) is 0 Å². The largest absolute Gasteiger partial charge is 0.508 e. The molecule has 4 heteroatoms. The first-order chi connectivity index (χ1) is 16.8. The molecule has 0 bridgehead atoms. The molecule has 3 aliphatic carbocycles. The Morgan fingerprint density at radius 3 is 2.46 bits per heavy atom. The fraction of sp³-hybridized carbons (Fsp3) is 0.581. The Labute approximate surface area is 210 Å². The number of aryl methyl sites for hydroxylation is 1. The average molecular weight is 476 g/mol. The number of ether oxygens (including phenoxy) is 1. The number of carbonyl (C=O) groups is 1. The van der Waals surface area contributed by atoms with Crippen LogP contribution in [0.2, 0.25) is 0 Å². The number of rotatable bonds is 5. The molecule has 2 aromatic carbocycles. The highest BCUT2D eigenvalue weighted by atomic mass is 16.5. The van der Waals surface area contributed by atoms with Crippen LogP contribution in [-0.2, 0) is 22.0 Å². The summed E-state index contributed by atoms with van der Waals surface area (Å²) >= 11 is 0. The van der Waals surface area contributed by atoms with Gasteiger partial charge in [0.25, 0.3) is 0 Å². The molecule has 2 aromatic rings. The number of fused-ring (bicyclic) bond motifs is 3. The molecule has 4 nitrogen and oxygen atoms in total. The quantitative estimate of drug-likeness (QED) is 0.524. The molecule has 3 atom stereocenters. The van der Waals surface area contributed by atoms with Crippen molar-refractivity contribution in [1.29, 1.82) is 0 Å². The van der Waals surface area contributed by atoms with E-state index in [9.17, 15) is 9.90 Å². The van der Waals surface area contributed by atoms with Gasteiger partial charge in [-0.05, 0) is 90.8 Å². The zero-order valence-corrected chi connectivity index (χ0v) is 21.7. The molecule has 0 aliphatic heterocycles. The van der Waals surface area contributed by atoms with E-state index in [1.165, 1.54) is 36.0 Å². The second-order valence-corrected chi connectivity index (χ2v) is 11.9. The first-order valence-electron chi connectivity index (χ1n) is 13.6. The van der Waals surface area contributed by atoms with Crippen LogP contribution in [0.25, 0.3) is 0 Å². The lowest BCUT2D eigenvalue weighted by atomic mass is 9.49. The van der Waals surface area contributed by atoms with Crippen LogP contribution in [0.4, 0.5) is 0 Å². The number of benzene rings is 2. The molecule has 188 valence electrons. The smallest absolute Gasteiger partial charge is 0.226 e. The van der Waals surface area contributed by atoms with E-state index in [4.69, 9.17) is 4.74 Å². The van der Waals surface area contributed by atoms with Crippen LogP contribution in [0.1, 0.15) is 88.3 Å². The summed E-state index contributed by atoms with van der Waals surface area (Å²) in [6, 6.07) is 14.3. The molecule has 0 heterocycles. The molecule has 35 heavy (non-hydrogen) atoms. The van der Waals surface area contributed by atoms with Crippen molar-refractivity contribution >= 4 is 5.91 Å². The van der Waals surface area contributed by atoms with Gasteiger partial charge in [0.2, 0.25) is 5.91 Å². The molecular formula is C31H41NO3. The predicted octanol–water partition coefficient (Wildman–Crippen LogP) is 6.43. The van der Waals surface area contributed by atoms with Crippen molar-refractivity contribution in [1.82, 2.24) is 5.32 Å². The minimum absolute atomic E-state index is 0.000530. The van der Waals surface area contributed by atoms with Crippen LogP contribution < -0.4 is 10.1 Å². The molecule has 2 N–H and O–H groups in total. The molecular weight excluding hydrogens is 434 g/mol. The number of carbonyl (C=O) groups excluding carboxylic acids is 1. The van der Waals surface area contributed by atoms with Gasteiger partial charge in [0, 0.05) is 12.0 Å². The standard InChI is InChI=1S/C31H41NO3/c1-29-16-7-17-30(2,27(29)15-9-22-8-12-24(33)20-26(22)29)28(34)32-21-31(18-5-4-6-19-31)23-10-13-25(35-3)14-11-23/h8,10-14,20,27,33H,4-7,9,15-19,21H2,1-3H3,(H,32,34)/t27-,29-,30+/m1/s1. The van der Waals surface area contributed by atoms with Gasteiger partial charge in [0.1, 0.15) is 11.5 Å². The minimum Gasteiger partial charge on any atom is -0.508 e. The van der Waals surface area contributed by atoms with Crippen LogP contribution in [-0.4, -0.2) is 24.7 Å². The summed E-state index contributed by atoms with van der Waals surface area (Å²) in [6.45, 7) is 5.24. The molecule has 0 spiro atoms. The summed E-state index contributed by atoms with van der Waals surface area (Å²) in [6.07, 6.45) is 11.0. The number of amides is 1. The Morgan fingerprint density at radius 1 is 1.00 bits per heavy atom. The Hall–Kier alpha value is -2.49. The monoisotopic (exact) mass is 475 g/mol. The molecule has 0 unspecified atom stereocenters. The maximum atomic E-state index is 14.0. The third-order valence-corrected chi connectivity index (χ3v) is 9.96. The Kier molecular flexibility index (Phi) is 6.35. The zero-order valence-electron chi connectivity index (χ0n) is 21.7. The van der Waals surface area contributed by atoms with Crippen molar-refractivity contribution in [3.63, 3.8) is 0 Å². The fourth-order valence-corrected chi connectivity index (χ4v) is 7.91. The van der Waals surface area contributed by atoms with E-state index in [1.807, 2.05) is 6.07 Å². The lowest BCUT2D eigenvalue weighted by Crippen LogP contribution is -2.56. The average Bonchev–Trinajstić information content (AvgIpc) is 2.88. The summed E-state index contributed by atoms with van der Waals surface area (Å²) in [7, 11) is 1.70. The number of hydrogen-bond acceptors (Lipinski definition) is 3. The first-order valence-corrected chi connectivity index (χ1v) is 13.6.